The molecule has 3 nitrogen and oxygen atoms in total. The SMILES string of the molecule is FC(F)(F)CCN(CCC1CC1)Cc1sc(Nc2c(Cl)cc(Cl)cc2Cl)nc1C(F)(F)F. The molecule has 3 rings (SSSR count). The Morgan fingerprint density at radius 2 is 1.66 bits per heavy atom. The van der Waals surface area contributed by atoms with E-state index in [1.54, 1.807) is 0 Å². The summed E-state index contributed by atoms with van der Waals surface area (Å²) in [5.74, 6) is 0.429. The van der Waals surface area contributed by atoms with Gasteiger partial charge in [-0.3, -0.25) is 4.90 Å². The van der Waals surface area contributed by atoms with E-state index in [0.29, 0.717) is 23.7 Å². The fourth-order valence-electron chi connectivity index (χ4n) is 3.03. The number of alkyl halides is 6. The third kappa shape index (κ3) is 7.55. The van der Waals surface area contributed by atoms with Gasteiger partial charge in [-0.2, -0.15) is 26.3 Å². The standard InChI is InChI=1S/C19H18Cl3F6N3S/c20-11-7-12(21)15(13(22)8-11)29-17-30-16(19(26,27)28)14(32-17)9-31(5-3-10-1-2-10)6-4-18(23,24)25/h7-8,10H,1-6,9H2,(H,29,30). The molecule has 1 aliphatic rings. The summed E-state index contributed by atoms with van der Waals surface area (Å²) in [5.41, 5.74) is -1.01. The minimum atomic E-state index is -4.77. The molecule has 0 saturated heterocycles. The molecule has 1 saturated carbocycles. The molecule has 0 bridgehead atoms. The maximum Gasteiger partial charge on any atom is 0.434 e. The normalized spacial score (nSPS) is 14.9. The monoisotopic (exact) mass is 539 g/mol. The summed E-state index contributed by atoms with van der Waals surface area (Å²) in [5, 5.41) is 2.97. The number of hydrogen-bond donors (Lipinski definition) is 1. The van der Waals surface area contributed by atoms with Crippen LogP contribution in [0.4, 0.5) is 37.2 Å². The van der Waals surface area contributed by atoms with Crippen molar-refractivity contribution in [1.82, 2.24) is 9.88 Å². The zero-order valence-corrected chi connectivity index (χ0v) is 19.5. The lowest BCUT2D eigenvalue weighted by Gasteiger charge is -2.23. The van der Waals surface area contributed by atoms with Crippen molar-refractivity contribution >= 4 is 57.0 Å². The first-order chi connectivity index (χ1) is 14.8. The second-order valence-electron chi connectivity index (χ2n) is 7.53. The molecule has 1 N–H and O–H groups in total. The molecule has 0 spiro atoms. The van der Waals surface area contributed by atoms with Crippen LogP contribution < -0.4 is 5.32 Å². The fraction of sp³-hybridized carbons (Fsp3) is 0.526. The van der Waals surface area contributed by atoms with E-state index in [0.717, 1.165) is 12.8 Å². The van der Waals surface area contributed by atoms with Crippen molar-refractivity contribution in [2.75, 3.05) is 18.4 Å². The molecule has 1 aromatic heterocycles. The maximum atomic E-state index is 13.6. The van der Waals surface area contributed by atoms with Gasteiger partial charge in [-0.25, -0.2) is 4.98 Å². The lowest BCUT2D eigenvalue weighted by Crippen LogP contribution is -2.29. The van der Waals surface area contributed by atoms with E-state index < -0.39 is 24.5 Å². The summed E-state index contributed by atoms with van der Waals surface area (Å²) >= 11 is 18.7. The molecule has 0 atom stereocenters. The first-order valence-electron chi connectivity index (χ1n) is 9.59. The minimum absolute atomic E-state index is 0.0871. The van der Waals surface area contributed by atoms with E-state index in [-0.39, 0.29) is 50.4 Å². The second kappa shape index (κ2) is 10.1. The van der Waals surface area contributed by atoms with E-state index in [1.165, 1.54) is 17.0 Å². The number of aromatic nitrogens is 1. The number of nitrogens with zero attached hydrogens (tertiary/aromatic N) is 2. The number of halogens is 9. The molecule has 1 fully saturated rings. The molecular formula is C19H18Cl3F6N3S. The Hall–Kier alpha value is -0.940. The Kier molecular flexibility index (Phi) is 8.13. The molecule has 13 heteroatoms. The number of anilines is 2. The van der Waals surface area contributed by atoms with Crippen molar-refractivity contribution in [2.45, 2.75) is 44.6 Å². The molecule has 1 aromatic carbocycles. The molecule has 0 amide bonds. The quantitative estimate of drug-likeness (QED) is 0.324. The lowest BCUT2D eigenvalue weighted by atomic mass is 10.2. The number of benzene rings is 1. The number of hydrogen-bond acceptors (Lipinski definition) is 4. The van der Waals surface area contributed by atoms with Gasteiger partial charge >= 0.3 is 12.4 Å². The van der Waals surface area contributed by atoms with Crippen LogP contribution in [0.25, 0.3) is 0 Å². The topological polar surface area (TPSA) is 28.2 Å². The largest absolute Gasteiger partial charge is 0.434 e. The van der Waals surface area contributed by atoms with Crippen molar-refractivity contribution in [1.29, 1.82) is 0 Å². The molecular weight excluding hydrogens is 523 g/mol. The molecule has 0 unspecified atom stereocenters. The zero-order valence-electron chi connectivity index (χ0n) is 16.4. The van der Waals surface area contributed by atoms with Gasteiger partial charge in [-0.15, -0.1) is 0 Å². The summed E-state index contributed by atoms with van der Waals surface area (Å²) in [4.78, 5) is 4.86. The van der Waals surface area contributed by atoms with E-state index in [9.17, 15) is 26.3 Å². The second-order valence-corrected chi connectivity index (χ2v) is 9.87. The number of rotatable bonds is 9. The lowest BCUT2D eigenvalue weighted by molar-refractivity contribution is -0.143. The predicted octanol–water partition coefficient (Wildman–Crippen LogP) is 8.42. The van der Waals surface area contributed by atoms with Gasteiger partial charge in [-0.05, 0) is 31.0 Å². The van der Waals surface area contributed by atoms with E-state index >= 15 is 0 Å². The Labute approximate surface area is 199 Å². The van der Waals surface area contributed by atoms with E-state index in [2.05, 4.69) is 10.3 Å². The smallest absolute Gasteiger partial charge is 0.329 e. The van der Waals surface area contributed by atoms with Gasteiger partial charge in [0, 0.05) is 18.1 Å². The summed E-state index contributed by atoms with van der Waals surface area (Å²) < 4.78 is 79.0. The highest BCUT2D eigenvalue weighted by Gasteiger charge is 2.38. The van der Waals surface area contributed by atoms with Crippen LogP contribution in [0.3, 0.4) is 0 Å². The highest BCUT2D eigenvalue weighted by Crippen LogP contribution is 2.41. The van der Waals surface area contributed by atoms with Gasteiger partial charge in [0.1, 0.15) is 0 Å². The third-order valence-electron chi connectivity index (χ3n) is 4.83. The summed E-state index contributed by atoms with van der Waals surface area (Å²) in [6, 6.07) is 2.74. The zero-order chi connectivity index (χ0) is 23.7. The average molecular weight is 541 g/mol. The van der Waals surface area contributed by atoms with Gasteiger partial charge in [0.2, 0.25) is 0 Å². The fourth-order valence-corrected chi connectivity index (χ4v) is 4.97. The van der Waals surface area contributed by atoms with Crippen LogP contribution in [0.1, 0.15) is 36.3 Å². The van der Waals surface area contributed by atoms with Gasteiger partial charge in [0.05, 0.1) is 27.0 Å². The van der Waals surface area contributed by atoms with Crippen LogP contribution in [0.5, 0.6) is 0 Å². The van der Waals surface area contributed by atoms with Crippen LogP contribution in [0.15, 0.2) is 12.1 Å². The molecule has 1 aliphatic carbocycles. The van der Waals surface area contributed by atoms with Crippen molar-refractivity contribution in [3.63, 3.8) is 0 Å². The van der Waals surface area contributed by atoms with Crippen LogP contribution in [-0.4, -0.2) is 29.1 Å². The first kappa shape index (κ1) is 25.7. The highest BCUT2D eigenvalue weighted by atomic mass is 35.5. The van der Waals surface area contributed by atoms with E-state index in [4.69, 9.17) is 34.8 Å². The molecule has 0 aliphatic heterocycles. The van der Waals surface area contributed by atoms with Crippen molar-refractivity contribution in [3.05, 3.63) is 37.8 Å². The van der Waals surface area contributed by atoms with Gasteiger partial charge in [0.25, 0.3) is 0 Å². The summed E-state index contributed by atoms with van der Waals surface area (Å²) in [6.07, 6.45) is -7.62. The van der Waals surface area contributed by atoms with Gasteiger partial charge < -0.3 is 5.32 Å². The molecule has 178 valence electrons. The molecule has 1 heterocycles. The summed E-state index contributed by atoms with van der Waals surface area (Å²) in [7, 11) is 0. The molecule has 0 radical (unpaired) electrons. The first-order valence-corrected chi connectivity index (χ1v) is 11.5. The van der Waals surface area contributed by atoms with Crippen LogP contribution in [-0.2, 0) is 12.7 Å². The number of thiazole rings is 1. The van der Waals surface area contributed by atoms with Crippen molar-refractivity contribution in [2.24, 2.45) is 5.92 Å². The molecule has 2 aromatic rings. The Bertz CT molecular complexity index is 920. The van der Waals surface area contributed by atoms with Crippen LogP contribution in [0.2, 0.25) is 15.1 Å². The third-order valence-corrected chi connectivity index (χ3v) is 6.60. The van der Waals surface area contributed by atoms with Gasteiger partial charge in [-0.1, -0.05) is 59.0 Å². The van der Waals surface area contributed by atoms with Crippen LogP contribution >= 0.6 is 46.1 Å². The Balaban J connectivity index is 1.84. The Morgan fingerprint density at radius 3 is 2.19 bits per heavy atom. The molecule has 32 heavy (non-hydrogen) atoms. The van der Waals surface area contributed by atoms with E-state index in [1.807, 2.05) is 0 Å². The summed E-state index contributed by atoms with van der Waals surface area (Å²) in [6.45, 7) is -0.393. The van der Waals surface area contributed by atoms with Crippen molar-refractivity contribution < 1.29 is 26.3 Å². The maximum absolute atomic E-state index is 13.6. The number of nitrogens with one attached hydrogen (secondary N) is 1. The average Bonchev–Trinajstić information content (AvgIpc) is 3.38. The minimum Gasteiger partial charge on any atom is -0.329 e. The Morgan fingerprint density at radius 1 is 1.03 bits per heavy atom. The highest BCUT2D eigenvalue weighted by molar-refractivity contribution is 7.15. The van der Waals surface area contributed by atoms with Crippen molar-refractivity contribution in [3.8, 4) is 0 Å². The predicted molar refractivity (Wildman–Crippen MR) is 115 cm³/mol. The van der Waals surface area contributed by atoms with Gasteiger partial charge in [0.15, 0.2) is 10.8 Å². The van der Waals surface area contributed by atoms with Crippen LogP contribution in [0, 0.1) is 5.92 Å².